The van der Waals surface area contributed by atoms with Crippen LogP contribution >= 0.6 is 0 Å². The average Bonchev–Trinajstić information content (AvgIpc) is 2.49. The number of hydrogen-bond acceptors (Lipinski definition) is 4. The third-order valence-electron chi connectivity index (χ3n) is 3.44. The van der Waals surface area contributed by atoms with Crippen LogP contribution in [0.2, 0.25) is 0 Å². The summed E-state index contributed by atoms with van der Waals surface area (Å²) in [5.41, 5.74) is 3.82. The van der Waals surface area contributed by atoms with Crippen molar-refractivity contribution < 1.29 is 4.92 Å². The van der Waals surface area contributed by atoms with E-state index in [-0.39, 0.29) is 10.6 Å². The summed E-state index contributed by atoms with van der Waals surface area (Å²) in [5, 5.41) is 14.1. The normalized spacial score (nSPS) is 10.2. The van der Waals surface area contributed by atoms with E-state index < -0.39 is 0 Å². The zero-order valence-electron chi connectivity index (χ0n) is 12.5. The highest BCUT2D eigenvalue weighted by molar-refractivity contribution is 5.72. The Bertz CT molecular complexity index is 656. The fraction of sp³-hybridized carbons (Fsp3) is 0.250. The first kappa shape index (κ1) is 14.8. The first-order valence-corrected chi connectivity index (χ1v) is 6.87. The van der Waals surface area contributed by atoms with E-state index in [9.17, 15) is 10.1 Å². The SMILES string of the molecule is CCN(c1cc(NC)cc([N+](=O)[O-])c1)c1ccccc1C. The number of aryl methyl sites for hydroxylation is 1. The molecule has 2 aromatic rings. The van der Waals surface area contributed by atoms with Gasteiger partial charge in [-0.25, -0.2) is 0 Å². The summed E-state index contributed by atoms with van der Waals surface area (Å²) in [5.74, 6) is 0. The minimum atomic E-state index is -0.365. The molecule has 2 aromatic carbocycles. The number of non-ortho nitro benzene ring substituents is 1. The fourth-order valence-electron chi connectivity index (χ4n) is 2.36. The molecule has 0 aliphatic carbocycles. The molecule has 0 fully saturated rings. The zero-order valence-corrected chi connectivity index (χ0v) is 12.5. The molecule has 5 nitrogen and oxygen atoms in total. The maximum Gasteiger partial charge on any atom is 0.273 e. The molecule has 110 valence electrons. The quantitative estimate of drug-likeness (QED) is 0.663. The van der Waals surface area contributed by atoms with Crippen LogP contribution in [0.25, 0.3) is 0 Å². The fourth-order valence-corrected chi connectivity index (χ4v) is 2.36. The molecular weight excluding hydrogens is 266 g/mol. The molecule has 1 N–H and O–H groups in total. The lowest BCUT2D eigenvalue weighted by molar-refractivity contribution is -0.384. The van der Waals surface area contributed by atoms with Crippen LogP contribution in [0.1, 0.15) is 12.5 Å². The number of anilines is 3. The van der Waals surface area contributed by atoms with Crippen molar-refractivity contribution in [3.8, 4) is 0 Å². The van der Waals surface area contributed by atoms with Gasteiger partial charge in [0.2, 0.25) is 0 Å². The van der Waals surface area contributed by atoms with E-state index >= 15 is 0 Å². The van der Waals surface area contributed by atoms with E-state index in [1.54, 1.807) is 13.1 Å². The lowest BCUT2D eigenvalue weighted by Gasteiger charge is -2.25. The summed E-state index contributed by atoms with van der Waals surface area (Å²) in [6.45, 7) is 4.80. The third-order valence-corrected chi connectivity index (χ3v) is 3.44. The van der Waals surface area contributed by atoms with Gasteiger partial charge in [-0.3, -0.25) is 10.1 Å². The van der Waals surface area contributed by atoms with Gasteiger partial charge in [-0.1, -0.05) is 18.2 Å². The Labute approximate surface area is 124 Å². The Morgan fingerprint density at radius 1 is 1.24 bits per heavy atom. The molecular formula is C16H19N3O2. The van der Waals surface area contributed by atoms with Crippen molar-refractivity contribution in [2.24, 2.45) is 0 Å². The van der Waals surface area contributed by atoms with Gasteiger partial charge in [0, 0.05) is 42.8 Å². The summed E-state index contributed by atoms with van der Waals surface area (Å²) in [6.07, 6.45) is 0. The van der Waals surface area contributed by atoms with E-state index in [2.05, 4.69) is 10.2 Å². The lowest BCUT2D eigenvalue weighted by Crippen LogP contribution is -2.17. The van der Waals surface area contributed by atoms with Gasteiger partial charge in [0.05, 0.1) is 4.92 Å². The van der Waals surface area contributed by atoms with Crippen LogP contribution in [0, 0.1) is 17.0 Å². The van der Waals surface area contributed by atoms with E-state index in [0.717, 1.165) is 29.2 Å². The number of para-hydroxylation sites is 1. The van der Waals surface area contributed by atoms with Crippen molar-refractivity contribution in [1.82, 2.24) is 0 Å². The Hall–Kier alpha value is -2.56. The predicted molar refractivity (Wildman–Crippen MR) is 86.5 cm³/mol. The Balaban J connectivity index is 2.54. The largest absolute Gasteiger partial charge is 0.388 e. The molecule has 0 saturated heterocycles. The topological polar surface area (TPSA) is 58.4 Å². The summed E-state index contributed by atoms with van der Waals surface area (Å²) in [6, 6.07) is 13.1. The van der Waals surface area contributed by atoms with Crippen LogP contribution in [0.3, 0.4) is 0 Å². The van der Waals surface area contributed by atoms with Gasteiger partial charge in [-0.05, 0) is 31.5 Å². The molecule has 2 rings (SSSR count). The molecule has 5 heteroatoms. The minimum Gasteiger partial charge on any atom is -0.388 e. The number of nitrogens with zero attached hydrogens (tertiary/aromatic N) is 2. The van der Waals surface area contributed by atoms with Crippen molar-refractivity contribution in [3.05, 3.63) is 58.1 Å². The maximum atomic E-state index is 11.1. The van der Waals surface area contributed by atoms with Crippen molar-refractivity contribution >= 4 is 22.7 Å². The second-order valence-electron chi connectivity index (χ2n) is 4.78. The van der Waals surface area contributed by atoms with Crippen LogP contribution in [-0.2, 0) is 0 Å². The molecule has 0 aliphatic rings. The number of nitro benzene ring substituents is 1. The van der Waals surface area contributed by atoms with Gasteiger partial charge in [0.1, 0.15) is 0 Å². The van der Waals surface area contributed by atoms with Crippen molar-refractivity contribution in [1.29, 1.82) is 0 Å². The Morgan fingerprint density at radius 3 is 2.52 bits per heavy atom. The second-order valence-corrected chi connectivity index (χ2v) is 4.78. The van der Waals surface area contributed by atoms with E-state index in [4.69, 9.17) is 0 Å². The minimum absolute atomic E-state index is 0.0869. The van der Waals surface area contributed by atoms with E-state index in [0.29, 0.717) is 0 Å². The smallest absolute Gasteiger partial charge is 0.273 e. The first-order chi connectivity index (χ1) is 10.1. The Kier molecular flexibility index (Phi) is 4.42. The van der Waals surface area contributed by atoms with Crippen LogP contribution in [0.15, 0.2) is 42.5 Å². The summed E-state index contributed by atoms with van der Waals surface area (Å²) < 4.78 is 0. The molecule has 0 amide bonds. The molecule has 0 atom stereocenters. The number of nitrogens with one attached hydrogen (secondary N) is 1. The summed E-state index contributed by atoms with van der Waals surface area (Å²) >= 11 is 0. The highest BCUT2D eigenvalue weighted by Gasteiger charge is 2.15. The van der Waals surface area contributed by atoms with Crippen LogP contribution in [0.5, 0.6) is 0 Å². The number of hydrogen-bond donors (Lipinski definition) is 1. The predicted octanol–water partition coefficient (Wildman–Crippen LogP) is 4.10. The molecule has 0 aliphatic heterocycles. The van der Waals surface area contributed by atoms with Crippen LogP contribution in [-0.4, -0.2) is 18.5 Å². The molecule has 0 bridgehead atoms. The number of rotatable bonds is 5. The summed E-state index contributed by atoms with van der Waals surface area (Å²) in [4.78, 5) is 12.8. The molecule has 0 spiro atoms. The number of benzene rings is 2. The van der Waals surface area contributed by atoms with Crippen LogP contribution < -0.4 is 10.2 Å². The van der Waals surface area contributed by atoms with E-state index in [1.165, 1.54) is 6.07 Å². The number of nitro groups is 1. The van der Waals surface area contributed by atoms with Gasteiger partial charge in [-0.2, -0.15) is 0 Å². The van der Waals surface area contributed by atoms with Crippen LogP contribution in [0.4, 0.5) is 22.7 Å². The van der Waals surface area contributed by atoms with Gasteiger partial charge < -0.3 is 10.2 Å². The van der Waals surface area contributed by atoms with Crippen molar-refractivity contribution in [3.63, 3.8) is 0 Å². The third kappa shape index (κ3) is 3.13. The standard InChI is InChI=1S/C16H19N3O2/c1-4-18(16-8-6-5-7-12(16)2)14-9-13(17-3)10-15(11-14)19(20)21/h5-11,17H,4H2,1-3H3. The average molecular weight is 285 g/mol. The van der Waals surface area contributed by atoms with Gasteiger partial charge >= 0.3 is 0 Å². The molecule has 0 saturated carbocycles. The molecule has 0 aromatic heterocycles. The first-order valence-electron chi connectivity index (χ1n) is 6.87. The summed E-state index contributed by atoms with van der Waals surface area (Å²) in [7, 11) is 1.76. The molecule has 21 heavy (non-hydrogen) atoms. The second kappa shape index (κ2) is 6.26. The lowest BCUT2D eigenvalue weighted by atomic mass is 10.1. The highest BCUT2D eigenvalue weighted by Crippen LogP contribution is 2.33. The van der Waals surface area contributed by atoms with Gasteiger partial charge in [0.25, 0.3) is 5.69 Å². The van der Waals surface area contributed by atoms with Crippen molar-refractivity contribution in [2.75, 3.05) is 23.8 Å². The van der Waals surface area contributed by atoms with E-state index in [1.807, 2.05) is 44.2 Å². The highest BCUT2D eigenvalue weighted by atomic mass is 16.6. The van der Waals surface area contributed by atoms with Gasteiger partial charge in [0.15, 0.2) is 0 Å². The molecule has 0 radical (unpaired) electrons. The molecule has 0 unspecified atom stereocenters. The monoisotopic (exact) mass is 285 g/mol. The van der Waals surface area contributed by atoms with Gasteiger partial charge in [-0.15, -0.1) is 0 Å². The zero-order chi connectivity index (χ0) is 15.4. The Morgan fingerprint density at radius 2 is 1.95 bits per heavy atom. The van der Waals surface area contributed by atoms with Crippen molar-refractivity contribution in [2.45, 2.75) is 13.8 Å². The maximum absolute atomic E-state index is 11.1. The molecule has 0 heterocycles.